The highest BCUT2D eigenvalue weighted by molar-refractivity contribution is 5.68. The standard InChI is InChI=1S/C14H26F2N2O3/c1-14(2,3)21-13(19)18-7-4-5-11(9-18)17-6-8-20-10-12(15)16/h11-12,17H,4-10H2,1-3H3. The lowest BCUT2D eigenvalue weighted by Crippen LogP contribution is -2.49. The molecule has 1 aliphatic rings. The molecule has 1 unspecified atom stereocenters. The van der Waals surface area contributed by atoms with Gasteiger partial charge in [0.15, 0.2) is 0 Å². The summed E-state index contributed by atoms with van der Waals surface area (Å²) < 4.78 is 33.9. The first-order valence-electron chi connectivity index (χ1n) is 7.35. The van der Waals surface area contributed by atoms with Crippen LogP contribution in [-0.2, 0) is 9.47 Å². The predicted octanol–water partition coefficient (Wildman–Crippen LogP) is 2.26. The van der Waals surface area contributed by atoms with E-state index < -0.39 is 18.6 Å². The third-order valence-electron chi connectivity index (χ3n) is 3.00. The fraction of sp³-hybridized carbons (Fsp3) is 0.929. The molecule has 0 saturated carbocycles. The summed E-state index contributed by atoms with van der Waals surface area (Å²) in [4.78, 5) is 13.7. The van der Waals surface area contributed by atoms with E-state index in [0.717, 1.165) is 12.8 Å². The first-order chi connectivity index (χ1) is 9.78. The molecule has 0 aromatic carbocycles. The van der Waals surface area contributed by atoms with Gasteiger partial charge in [-0.3, -0.25) is 0 Å². The quantitative estimate of drug-likeness (QED) is 0.765. The van der Waals surface area contributed by atoms with E-state index in [2.05, 4.69) is 5.32 Å². The summed E-state index contributed by atoms with van der Waals surface area (Å²) in [5.41, 5.74) is -0.499. The third-order valence-corrected chi connectivity index (χ3v) is 3.00. The van der Waals surface area contributed by atoms with Crippen LogP contribution in [0.4, 0.5) is 13.6 Å². The number of hydrogen-bond acceptors (Lipinski definition) is 4. The van der Waals surface area contributed by atoms with E-state index in [1.807, 2.05) is 20.8 Å². The molecule has 5 nitrogen and oxygen atoms in total. The van der Waals surface area contributed by atoms with Crippen LogP contribution in [0.3, 0.4) is 0 Å². The Morgan fingerprint density at radius 2 is 2.14 bits per heavy atom. The smallest absolute Gasteiger partial charge is 0.410 e. The summed E-state index contributed by atoms with van der Waals surface area (Å²) in [6.07, 6.45) is -0.881. The van der Waals surface area contributed by atoms with Crippen molar-refractivity contribution in [2.24, 2.45) is 0 Å². The number of likely N-dealkylation sites (tertiary alicyclic amines) is 1. The molecule has 0 radical (unpaired) electrons. The molecule has 0 spiro atoms. The van der Waals surface area contributed by atoms with Gasteiger partial charge in [0.05, 0.1) is 6.61 Å². The maximum Gasteiger partial charge on any atom is 0.410 e. The number of nitrogens with zero attached hydrogens (tertiary/aromatic N) is 1. The van der Waals surface area contributed by atoms with Crippen molar-refractivity contribution in [3.05, 3.63) is 0 Å². The van der Waals surface area contributed by atoms with Crippen molar-refractivity contribution in [2.75, 3.05) is 32.8 Å². The number of ether oxygens (including phenoxy) is 2. The number of halogens is 2. The van der Waals surface area contributed by atoms with Crippen molar-refractivity contribution < 1.29 is 23.0 Å². The highest BCUT2D eigenvalue weighted by Crippen LogP contribution is 2.15. The molecular formula is C14H26F2N2O3. The number of piperidine rings is 1. The van der Waals surface area contributed by atoms with E-state index in [1.54, 1.807) is 4.90 Å². The third kappa shape index (κ3) is 8.16. The van der Waals surface area contributed by atoms with Gasteiger partial charge in [-0.1, -0.05) is 0 Å². The van der Waals surface area contributed by atoms with E-state index in [-0.39, 0.29) is 18.7 Å². The largest absolute Gasteiger partial charge is 0.444 e. The van der Waals surface area contributed by atoms with Crippen molar-refractivity contribution in [2.45, 2.75) is 51.7 Å². The van der Waals surface area contributed by atoms with Crippen LogP contribution in [0, 0.1) is 0 Å². The lowest BCUT2D eigenvalue weighted by Gasteiger charge is -2.34. The molecule has 0 aromatic rings. The van der Waals surface area contributed by atoms with Gasteiger partial charge >= 0.3 is 6.09 Å². The molecular weight excluding hydrogens is 282 g/mol. The molecule has 1 aliphatic heterocycles. The summed E-state index contributed by atoms with van der Waals surface area (Å²) in [7, 11) is 0. The van der Waals surface area contributed by atoms with Crippen LogP contribution >= 0.6 is 0 Å². The van der Waals surface area contributed by atoms with Gasteiger partial charge in [0, 0.05) is 25.7 Å². The Morgan fingerprint density at radius 3 is 2.76 bits per heavy atom. The van der Waals surface area contributed by atoms with Crippen LogP contribution in [0.5, 0.6) is 0 Å². The van der Waals surface area contributed by atoms with Crippen molar-refractivity contribution in [3.63, 3.8) is 0 Å². The van der Waals surface area contributed by atoms with Crippen LogP contribution in [0.25, 0.3) is 0 Å². The summed E-state index contributed by atoms with van der Waals surface area (Å²) in [6, 6.07) is 0.154. The van der Waals surface area contributed by atoms with Gasteiger partial charge in [-0.25, -0.2) is 13.6 Å². The molecule has 1 atom stereocenters. The normalized spacial score (nSPS) is 19.9. The molecule has 0 bridgehead atoms. The molecule has 1 rings (SSSR count). The SMILES string of the molecule is CC(C)(C)OC(=O)N1CCCC(NCCOCC(F)F)C1. The molecule has 1 saturated heterocycles. The Kier molecular flexibility index (Phi) is 7.31. The Hall–Kier alpha value is -0.950. The molecule has 1 amide bonds. The minimum absolute atomic E-state index is 0.154. The molecule has 0 aromatic heterocycles. The number of carbonyl (C=O) groups excluding carboxylic acids is 1. The second-order valence-electron chi connectivity index (χ2n) is 6.19. The van der Waals surface area contributed by atoms with Gasteiger partial charge < -0.3 is 19.7 Å². The minimum atomic E-state index is -2.43. The average molecular weight is 308 g/mol. The Balaban J connectivity index is 2.24. The number of rotatable bonds is 6. The lowest BCUT2D eigenvalue weighted by atomic mass is 10.1. The van der Waals surface area contributed by atoms with Crippen molar-refractivity contribution in [3.8, 4) is 0 Å². The summed E-state index contributed by atoms with van der Waals surface area (Å²) in [5.74, 6) is 0. The first kappa shape index (κ1) is 18.1. The Morgan fingerprint density at radius 1 is 1.43 bits per heavy atom. The molecule has 124 valence electrons. The van der Waals surface area contributed by atoms with Crippen LogP contribution in [0.15, 0.2) is 0 Å². The van der Waals surface area contributed by atoms with E-state index in [9.17, 15) is 13.6 Å². The van der Waals surface area contributed by atoms with E-state index in [0.29, 0.717) is 19.6 Å². The highest BCUT2D eigenvalue weighted by Gasteiger charge is 2.27. The van der Waals surface area contributed by atoms with Gasteiger partial charge in [0.25, 0.3) is 6.43 Å². The maximum atomic E-state index is 12.0. The zero-order valence-corrected chi connectivity index (χ0v) is 13.0. The fourth-order valence-corrected chi connectivity index (χ4v) is 2.14. The highest BCUT2D eigenvalue weighted by atomic mass is 19.3. The van der Waals surface area contributed by atoms with Crippen LogP contribution in [0.2, 0.25) is 0 Å². The van der Waals surface area contributed by atoms with Crippen LogP contribution in [0.1, 0.15) is 33.6 Å². The molecule has 0 aliphatic carbocycles. The van der Waals surface area contributed by atoms with Gasteiger partial charge in [0.2, 0.25) is 0 Å². The fourth-order valence-electron chi connectivity index (χ4n) is 2.14. The number of hydrogen-bond donors (Lipinski definition) is 1. The van der Waals surface area contributed by atoms with Crippen molar-refractivity contribution in [1.29, 1.82) is 0 Å². The maximum absolute atomic E-state index is 12.0. The number of amides is 1. The summed E-state index contributed by atoms with van der Waals surface area (Å²) >= 11 is 0. The summed E-state index contributed by atoms with van der Waals surface area (Å²) in [6.45, 7) is 6.99. The van der Waals surface area contributed by atoms with Crippen LogP contribution in [-0.4, -0.2) is 61.9 Å². The molecule has 1 N–H and O–H groups in total. The zero-order valence-electron chi connectivity index (χ0n) is 13.0. The second-order valence-corrected chi connectivity index (χ2v) is 6.19. The van der Waals surface area contributed by atoms with E-state index in [1.165, 1.54) is 0 Å². The minimum Gasteiger partial charge on any atom is -0.444 e. The first-order valence-corrected chi connectivity index (χ1v) is 7.35. The van der Waals surface area contributed by atoms with Crippen molar-refractivity contribution in [1.82, 2.24) is 10.2 Å². The van der Waals surface area contributed by atoms with Gasteiger partial charge in [-0.2, -0.15) is 0 Å². The molecule has 1 heterocycles. The second kappa shape index (κ2) is 8.48. The topological polar surface area (TPSA) is 50.8 Å². The lowest BCUT2D eigenvalue weighted by molar-refractivity contribution is 0.0130. The average Bonchev–Trinajstić information content (AvgIpc) is 2.36. The van der Waals surface area contributed by atoms with Crippen molar-refractivity contribution >= 4 is 6.09 Å². The zero-order chi connectivity index (χ0) is 15.9. The Labute approximate surface area is 125 Å². The Bertz CT molecular complexity index is 322. The summed E-state index contributed by atoms with van der Waals surface area (Å²) in [5, 5.41) is 3.22. The van der Waals surface area contributed by atoms with E-state index in [4.69, 9.17) is 9.47 Å². The number of carbonyl (C=O) groups is 1. The molecule has 7 heteroatoms. The van der Waals surface area contributed by atoms with Crippen LogP contribution < -0.4 is 5.32 Å². The van der Waals surface area contributed by atoms with Gasteiger partial charge in [-0.15, -0.1) is 0 Å². The van der Waals surface area contributed by atoms with Gasteiger partial charge in [-0.05, 0) is 33.6 Å². The monoisotopic (exact) mass is 308 g/mol. The van der Waals surface area contributed by atoms with Gasteiger partial charge in [0.1, 0.15) is 12.2 Å². The number of alkyl halides is 2. The number of nitrogens with one attached hydrogen (secondary N) is 1. The molecule has 1 fully saturated rings. The molecule has 21 heavy (non-hydrogen) atoms. The predicted molar refractivity (Wildman–Crippen MR) is 75.7 cm³/mol. The van der Waals surface area contributed by atoms with E-state index >= 15 is 0 Å².